The second-order valence-electron chi connectivity index (χ2n) is 7.33. The first kappa shape index (κ1) is 17.5. The molecule has 2 unspecified atom stereocenters. The predicted molar refractivity (Wildman–Crippen MR) is 110 cm³/mol. The van der Waals surface area contributed by atoms with E-state index in [1.165, 1.54) is 5.57 Å². The quantitative estimate of drug-likeness (QED) is 0.775. The van der Waals surface area contributed by atoms with Gasteiger partial charge in [-0.2, -0.15) is 0 Å². The Morgan fingerprint density at radius 3 is 2.56 bits per heavy atom. The summed E-state index contributed by atoms with van der Waals surface area (Å²) >= 11 is 0. The molecule has 2 heterocycles. The van der Waals surface area contributed by atoms with Crippen molar-refractivity contribution >= 4 is 11.5 Å². The zero-order valence-electron chi connectivity index (χ0n) is 16.1. The van der Waals surface area contributed by atoms with Gasteiger partial charge in [-0.25, -0.2) is 9.38 Å². The van der Waals surface area contributed by atoms with Gasteiger partial charge in [0.05, 0.1) is 6.04 Å². The molecule has 0 saturated carbocycles. The summed E-state index contributed by atoms with van der Waals surface area (Å²) in [4.78, 5) is 9.17. The third kappa shape index (κ3) is 2.95. The van der Waals surface area contributed by atoms with E-state index < -0.39 is 0 Å². The molecule has 4 rings (SSSR count). The van der Waals surface area contributed by atoms with Crippen molar-refractivity contribution in [1.82, 2.24) is 9.80 Å². The third-order valence-corrected chi connectivity index (χ3v) is 5.54. The van der Waals surface area contributed by atoms with Crippen LogP contribution in [0, 0.1) is 12.7 Å². The summed E-state index contributed by atoms with van der Waals surface area (Å²) < 4.78 is 14.2. The summed E-state index contributed by atoms with van der Waals surface area (Å²) in [6.07, 6.45) is 14.6. The smallest absolute Gasteiger partial charge is 0.131 e. The molecule has 138 valence electrons. The molecule has 0 amide bonds. The van der Waals surface area contributed by atoms with Crippen LogP contribution in [0.1, 0.15) is 18.1 Å². The molecule has 0 N–H and O–H groups in total. The molecule has 1 aliphatic carbocycles. The highest BCUT2D eigenvalue weighted by Crippen LogP contribution is 2.32. The van der Waals surface area contributed by atoms with Crippen LogP contribution >= 0.6 is 0 Å². The Hall–Kier alpha value is -2.88. The van der Waals surface area contributed by atoms with Gasteiger partial charge in [0.15, 0.2) is 0 Å². The number of halogens is 1. The molecule has 2 atom stereocenters. The van der Waals surface area contributed by atoms with E-state index in [2.05, 4.69) is 61.2 Å². The summed E-state index contributed by atoms with van der Waals surface area (Å²) in [5.74, 6) is 0.811. The van der Waals surface area contributed by atoms with E-state index in [0.717, 1.165) is 22.7 Å². The molecule has 0 spiro atoms. The third-order valence-electron chi connectivity index (χ3n) is 5.54. The lowest BCUT2D eigenvalue weighted by Crippen LogP contribution is -2.50. The van der Waals surface area contributed by atoms with Crippen LogP contribution in [-0.4, -0.2) is 41.8 Å². The monoisotopic (exact) mass is 361 g/mol. The number of rotatable bonds is 2. The lowest BCUT2D eigenvalue weighted by molar-refractivity contribution is 0.394. The Labute approximate surface area is 160 Å². The molecular formula is C23H24FN3. The summed E-state index contributed by atoms with van der Waals surface area (Å²) in [7, 11) is 4.13. The Morgan fingerprint density at radius 1 is 0.963 bits per heavy atom. The van der Waals surface area contributed by atoms with E-state index >= 15 is 0 Å². The summed E-state index contributed by atoms with van der Waals surface area (Å²) in [6.45, 7) is 3.85. The number of hydrogen-bond acceptors (Lipinski definition) is 3. The average Bonchev–Trinajstić information content (AvgIpc) is 2.66. The predicted octanol–water partition coefficient (Wildman–Crippen LogP) is 4.46. The van der Waals surface area contributed by atoms with Crippen LogP contribution in [-0.2, 0) is 0 Å². The van der Waals surface area contributed by atoms with Gasteiger partial charge < -0.3 is 9.80 Å². The maximum absolute atomic E-state index is 14.2. The minimum Gasteiger partial charge on any atom is -0.360 e. The van der Waals surface area contributed by atoms with Crippen molar-refractivity contribution < 1.29 is 4.39 Å². The SMILES string of the molecule is CC1=C(c2ccc(C)c(F)c2)N(C)C(C2=NC=C3C=CC=CC3N2C)C=C1. The van der Waals surface area contributed by atoms with E-state index in [9.17, 15) is 4.39 Å². The number of aryl methyl sites for hydroxylation is 1. The maximum atomic E-state index is 14.2. The van der Waals surface area contributed by atoms with E-state index in [4.69, 9.17) is 4.99 Å². The molecule has 0 aromatic heterocycles. The molecular weight excluding hydrogens is 337 g/mol. The number of likely N-dealkylation sites (N-methyl/N-ethyl adjacent to an activating group) is 2. The van der Waals surface area contributed by atoms with Gasteiger partial charge in [0.2, 0.25) is 0 Å². The lowest BCUT2D eigenvalue weighted by Gasteiger charge is -2.41. The molecule has 1 aromatic rings. The van der Waals surface area contributed by atoms with Gasteiger partial charge in [0, 0.05) is 31.6 Å². The van der Waals surface area contributed by atoms with Crippen molar-refractivity contribution in [3.63, 3.8) is 0 Å². The van der Waals surface area contributed by atoms with E-state index in [0.29, 0.717) is 5.56 Å². The van der Waals surface area contributed by atoms with Crippen LogP contribution in [0.3, 0.4) is 0 Å². The summed E-state index contributed by atoms with van der Waals surface area (Å²) in [5, 5.41) is 0. The summed E-state index contributed by atoms with van der Waals surface area (Å²) in [5.41, 5.74) is 4.90. The van der Waals surface area contributed by atoms with Gasteiger partial charge in [-0.15, -0.1) is 0 Å². The molecule has 4 heteroatoms. The molecule has 2 aliphatic heterocycles. The van der Waals surface area contributed by atoms with E-state index in [1.807, 2.05) is 24.4 Å². The second kappa shape index (κ2) is 6.69. The molecule has 0 bridgehead atoms. The molecule has 0 radical (unpaired) electrons. The number of aliphatic imine (C=N–C) groups is 1. The van der Waals surface area contributed by atoms with Crippen molar-refractivity contribution in [3.05, 3.63) is 88.9 Å². The first-order chi connectivity index (χ1) is 13.0. The average molecular weight is 361 g/mol. The largest absolute Gasteiger partial charge is 0.360 e. The number of allylic oxidation sites excluding steroid dienone is 4. The van der Waals surface area contributed by atoms with Crippen LogP contribution in [0.2, 0.25) is 0 Å². The number of amidine groups is 1. The Kier molecular flexibility index (Phi) is 4.34. The molecule has 3 aliphatic rings. The minimum absolute atomic E-state index is 0.00447. The van der Waals surface area contributed by atoms with Gasteiger partial charge in [0.1, 0.15) is 17.7 Å². The van der Waals surface area contributed by atoms with Gasteiger partial charge in [-0.05, 0) is 36.6 Å². The Balaban J connectivity index is 1.71. The van der Waals surface area contributed by atoms with Gasteiger partial charge >= 0.3 is 0 Å². The zero-order valence-corrected chi connectivity index (χ0v) is 16.1. The number of benzene rings is 1. The molecule has 0 fully saturated rings. The van der Waals surface area contributed by atoms with E-state index in [1.54, 1.807) is 13.0 Å². The van der Waals surface area contributed by atoms with Crippen molar-refractivity contribution in [2.45, 2.75) is 25.9 Å². The number of nitrogens with zero attached hydrogens (tertiary/aromatic N) is 3. The minimum atomic E-state index is -0.175. The fourth-order valence-electron chi connectivity index (χ4n) is 3.97. The van der Waals surface area contributed by atoms with Crippen molar-refractivity contribution in [2.75, 3.05) is 14.1 Å². The van der Waals surface area contributed by atoms with Crippen LogP contribution in [0.5, 0.6) is 0 Å². The fourth-order valence-corrected chi connectivity index (χ4v) is 3.97. The Morgan fingerprint density at radius 2 is 1.78 bits per heavy atom. The van der Waals surface area contributed by atoms with Crippen LogP contribution in [0.25, 0.3) is 5.70 Å². The standard InChI is InChI=1S/C23H24FN3/c1-15-9-11-17(13-19(15)24)22-16(2)10-12-21(26(22)3)23-25-14-18-7-5-6-8-20(18)27(23)4/h5-14,20-21H,1-4H3. The molecule has 1 aromatic carbocycles. The van der Waals surface area contributed by atoms with Crippen molar-refractivity contribution in [2.24, 2.45) is 4.99 Å². The zero-order chi connectivity index (χ0) is 19.1. The van der Waals surface area contributed by atoms with Gasteiger partial charge in [-0.1, -0.05) is 48.6 Å². The highest BCUT2D eigenvalue weighted by Gasteiger charge is 2.32. The first-order valence-corrected chi connectivity index (χ1v) is 9.21. The topological polar surface area (TPSA) is 18.8 Å². The van der Waals surface area contributed by atoms with Gasteiger partial charge in [0.25, 0.3) is 0 Å². The normalized spacial score (nSPS) is 24.2. The highest BCUT2D eigenvalue weighted by atomic mass is 19.1. The Bertz CT molecular complexity index is 962. The van der Waals surface area contributed by atoms with Crippen molar-refractivity contribution in [3.8, 4) is 0 Å². The summed E-state index contributed by atoms with van der Waals surface area (Å²) in [6, 6.07) is 5.65. The molecule has 27 heavy (non-hydrogen) atoms. The first-order valence-electron chi connectivity index (χ1n) is 9.21. The van der Waals surface area contributed by atoms with Crippen LogP contribution in [0.4, 0.5) is 4.39 Å². The maximum Gasteiger partial charge on any atom is 0.131 e. The second-order valence-corrected chi connectivity index (χ2v) is 7.33. The fraction of sp³-hybridized carbons (Fsp3) is 0.261. The molecule has 0 saturated heterocycles. The van der Waals surface area contributed by atoms with Gasteiger partial charge in [-0.3, -0.25) is 0 Å². The number of hydrogen-bond donors (Lipinski definition) is 0. The highest BCUT2D eigenvalue weighted by molar-refractivity contribution is 5.94. The lowest BCUT2D eigenvalue weighted by atomic mass is 9.95. The van der Waals surface area contributed by atoms with Crippen molar-refractivity contribution in [1.29, 1.82) is 0 Å². The molecule has 3 nitrogen and oxygen atoms in total. The number of fused-ring (bicyclic) bond motifs is 1. The van der Waals surface area contributed by atoms with Crippen LogP contribution in [0.15, 0.2) is 77.0 Å². The van der Waals surface area contributed by atoms with E-state index in [-0.39, 0.29) is 17.9 Å². The van der Waals surface area contributed by atoms with Crippen LogP contribution < -0.4 is 0 Å².